The first kappa shape index (κ1) is 17.3. The standard InChI is InChI=1S/C20H19FN2O4/c21-15-6-7-17-16(10-15)18(24)22-12-20(27-17)8-9-23(13-20)19(25)26-11-14-4-2-1-3-5-14/h1-7,10H,8-9,11-13H2,(H,22,24). The van der Waals surface area contributed by atoms with Crippen LogP contribution in [0.15, 0.2) is 48.5 Å². The van der Waals surface area contributed by atoms with E-state index in [1.807, 2.05) is 30.3 Å². The first-order valence-electron chi connectivity index (χ1n) is 8.77. The predicted octanol–water partition coefficient (Wildman–Crippen LogP) is 2.73. The number of amides is 2. The number of fused-ring (bicyclic) bond motifs is 1. The molecule has 1 saturated heterocycles. The van der Waals surface area contributed by atoms with E-state index in [1.54, 1.807) is 4.90 Å². The number of rotatable bonds is 2. The summed E-state index contributed by atoms with van der Waals surface area (Å²) < 4.78 is 24.9. The number of nitrogens with one attached hydrogen (secondary N) is 1. The third kappa shape index (κ3) is 3.58. The monoisotopic (exact) mass is 370 g/mol. The average molecular weight is 370 g/mol. The quantitative estimate of drug-likeness (QED) is 0.883. The zero-order valence-corrected chi connectivity index (χ0v) is 14.6. The van der Waals surface area contributed by atoms with Crippen molar-refractivity contribution in [2.24, 2.45) is 0 Å². The number of hydrogen-bond acceptors (Lipinski definition) is 4. The summed E-state index contributed by atoms with van der Waals surface area (Å²) in [7, 11) is 0. The van der Waals surface area contributed by atoms with Crippen molar-refractivity contribution in [2.45, 2.75) is 18.6 Å². The SMILES string of the molecule is O=C1NCC2(CCN(C(=O)OCc3ccccc3)C2)Oc2ccc(F)cc21. The fraction of sp³-hybridized carbons (Fsp3) is 0.300. The lowest BCUT2D eigenvalue weighted by molar-refractivity contribution is 0.0666. The Bertz CT molecular complexity index is 874. The number of carbonyl (C=O) groups excluding carboxylic acids is 2. The Morgan fingerprint density at radius 3 is 2.89 bits per heavy atom. The summed E-state index contributed by atoms with van der Waals surface area (Å²) in [6.45, 7) is 1.19. The molecule has 1 fully saturated rings. The highest BCUT2D eigenvalue weighted by atomic mass is 19.1. The van der Waals surface area contributed by atoms with Crippen LogP contribution in [0.4, 0.5) is 9.18 Å². The summed E-state index contributed by atoms with van der Waals surface area (Å²) in [6.07, 6.45) is 0.124. The van der Waals surface area contributed by atoms with E-state index in [4.69, 9.17) is 9.47 Å². The van der Waals surface area contributed by atoms with Crippen LogP contribution in [0.2, 0.25) is 0 Å². The summed E-state index contributed by atoms with van der Waals surface area (Å²) >= 11 is 0. The Kier molecular flexibility index (Phi) is 4.43. The number of nitrogens with zero attached hydrogens (tertiary/aromatic N) is 1. The molecule has 2 aromatic rings. The third-order valence-corrected chi connectivity index (χ3v) is 4.86. The molecule has 2 aromatic carbocycles. The normalized spacial score (nSPS) is 21.2. The van der Waals surface area contributed by atoms with Crippen molar-refractivity contribution in [1.82, 2.24) is 10.2 Å². The van der Waals surface area contributed by atoms with Crippen LogP contribution in [-0.2, 0) is 11.3 Å². The van der Waals surface area contributed by atoms with Gasteiger partial charge in [-0.2, -0.15) is 0 Å². The van der Waals surface area contributed by atoms with Gasteiger partial charge in [0.15, 0.2) is 0 Å². The van der Waals surface area contributed by atoms with Crippen molar-refractivity contribution in [3.63, 3.8) is 0 Å². The van der Waals surface area contributed by atoms with Crippen molar-refractivity contribution in [2.75, 3.05) is 19.6 Å². The molecule has 4 rings (SSSR count). The van der Waals surface area contributed by atoms with Crippen LogP contribution in [0.1, 0.15) is 22.3 Å². The van der Waals surface area contributed by atoms with E-state index in [1.165, 1.54) is 12.1 Å². The molecule has 2 amide bonds. The van der Waals surface area contributed by atoms with Gasteiger partial charge in [-0.25, -0.2) is 9.18 Å². The summed E-state index contributed by atoms with van der Waals surface area (Å²) in [6, 6.07) is 13.3. The number of hydrogen-bond donors (Lipinski definition) is 1. The van der Waals surface area contributed by atoms with Gasteiger partial charge in [0.1, 0.15) is 23.8 Å². The maximum atomic E-state index is 13.5. The van der Waals surface area contributed by atoms with Gasteiger partial charge in [0.2, 0.25) is 0 Å². The van der Waals surface area contributed by atoms with Gasteiger partial charge < -0.3 is 19.7 Å². The first-order valence-corrected chi connectivity index (χ1v) is 8.77. The van der Waals surface area contributed by atoms with Gasteiger partial charge in [0.05, 0.1) is 18.7 Å². The fourth-order valence-electron chi connectivity index (χ4n) is 3.41. The zero-order chi connectivity index (χ0) is 18.9. The summed E-state index contributed by atoms with van der Waals surface area (Å²) in [5, 5.41) is 2.77. The second kappa shape index (κ2) is 6.90. The highest BCUT2D eigenvalue weighted by Gasteiger charge is 2.45. The first-order chi connectivity index (χ1) is 13.0. The van der Waals surface area contributed by atoms with Crippen molar-refractivity contribution in [3.8, 4) is 5.75 Å². The third-order valence-electron chi connectivity index (χ3n) is 4.86. The van der Waals surface area contributed by atoms with Gasteiger partial charge >= 0.3 is 6.09 Å². The number of carbonyl (C=O) groups is 2. The van der Waals surface area contributed by atoms with Gasteiger partial charge in [-0.3, -0.25) is 4.79 Å². The number of halogens is 1. The van der Waals surface area contributed by atoms with E-state index in [0.29, 0.717) is 18.7 Å². The van der Waals surface area contributed by atoms with Crippen molar-refractivity contribution < 1.29 is 23.5 Å². The molecule has 2 heterocycles. The van der Waals surface area contributed by atoms with E-state index in [0.717, 1.165) is 11.6 Å². The summed E-state index contributed by atoms with van der Waals surface area (Å²) in [4.78, 5) is 26.2. The molecular weight excluding hydrogens is 351 g/mol. The summed E-state index contributed by atoms with van der Waals surface area (Å²) in [5.74, 6) is -0.557. The molecule has 0 saturated carbocycles. The smallest absolute Gasteiger partial charge is 0.410 e. The lowest BCUT2D eigenvalue weighted by Crippen LogP contribution is -2.48. The lowest BCUT2D eigenvalue weighted by Gasteiger charge is -2.28. The minimum absolute atomic E-state index is 0.164. The van der Waals surface area contributed by atoms with Gasteiger partial charge in [-0.1, -0.05) is 30.3 Å². The van der Waals surface area contributed by atoms with E-state index < -0.39 is 17.5 Å². The van der Waals surface area contributed by atoms with Crippen LogP contribution in [0, 0.1) is 5.82 Å². The van der Waals surface area contributed by atoms with Crippen molar-refractivity contribution >= 4 is 12.0 Å². The Morgan fingerprint density at radius 2 is 2.07 bits per heavy atom. The largest absolute Gasteiger partial charge is 0.483 e. The Morgan fingerprint density at radius 1 is 1.26 bits per heavy atom. The highest BCUT2D eigenvalue weighted by molar-refractivity contribution is 5.97. The van der Waals surface area contributed by atoms with Crippen LogP contribution >= 0.6 is 0 Å². The minimum atomic E-state index is -0.746. The molecule has 0 radical (unpaired) electrons. The molecule has 1 N–H and O–H groups in total. The summed E-state index contributed by atoms with van der Waals surface area (Å²) in [5.41, 5.74) is 0.329. The van der Waals surface area contributed by atoms with Gasteiger partial charge in [-0.05, 0) is 23.8 Å². The van der Waals surface area contributed by atoms with Crippen LogP contribution < -0.4 is 10.1 Å². The van der Waals surface area contributed by atoms with E-state index >= 15 is 0 Å². The van der Waals surface area contributed by atoms with E-state index in [2.05, 4.69) is 5.32 Å². The van der Waals surface area contributed by atoms with Crippen LogP contribution in [-0.4, -0.2) is 42.1 Å². The van der Waals surface area contributed by atoms with Crippen molar-refractivity contribution in [1.29, 1.82) is 0 Å². The molecule has 2 aliphatic heterocycles. The topological polar surface area (TPSA) is 67.9 Å². The van der Waals surface area contributed by atoms with Gasteiger partial charge in [0.25, 0.3) is 5.91 Å². The van der Waals surface area contributed by atoms with Crippen LogP contribution in [0.3, 0.4) is 0 Å². The molecule has 1 atom stereocenters. The van der Waals surface area contributed by atoms with E-state index in [-0.39, 0.29) is 31.2 Å². The van der Waals surface area contributed by atoms with Gasteiger partial charge in [-0.15, -0.1) is 0 Å². The number of likely N-dealkylation sites (tertiary alicyclic amines) is 1. The van der Waals surface area contributed by atoms with Crippen LogP contribution in [0.25, 0.3) is 0 Å². The molecule has 0 aliphatic carbocycles. The van der Waals surface area contributed by atoms with Gasteiger partial charge in [0, 0.05) is 13.0 Å². The molecule has 6 nitrogen and oxygen atoms in total. The molecule has 0 bridgehead atoms. The Labute approximate surface area is 155 Å². The Hall–Kier alpha value is -3.09. The van der Waals surface area contributed by atoms with Crippen molar-refractivity contribution in [3.05, 3.63) is 65.5 Å². The maximum Gasteiger partial charge on any atom is 0.410 e. The molecular formula is C20H19FN2O4. The number of benzene rings is 2. The molecule has 7 heteroatoms. The second-order valence-corrected chi connectivity index (χ2v) is 6.82. The Balaban J connectivity index is 1.44. The molecule has 0 aromatic heterocycles. The second-order valence-electron chi connectivity index (χ2n) is 6.82. The average Bonchev–Trinajstić information content (AvgIpc) is 3.05. The minimum Gasteiger partial charge on any atom is -0.483 e. The molecule has 1 spiro atoms. The predicted molar refractivity (Wildman–Crippen MR) is 94.9 cm³/mol. The van der Waals surface area contributed by atoms with Crippen LogP contribution in [0.5, 0.6) is 5.75 Å². The fourth-order valence-corrected chi connectivity index (χ4v) is 3.41. The molecule has 27 heavy (non-hydrogen) atoms. The zero-order valence-electron chi connectivity index (χ0n) is 14.6. The molecule has 140 valence electrons. The lowest BCUT2D eigenvalue weighted by atomic mass is 10.0. The highest BCUT2D eigenvalue weighted by Crippen LogP contribution is 2.33. The maximum absolute atomic E-state index is 13.5. The molecule has 2 aliphatic rings. The number of ether oxygens (including phenoxy) is 2. The van der Waals surface area contributed by atoms with E-state index in [9.17, 15) is 14.0 Å². The molecule has 1 unspecified atom stereocenters.